The van der Waals surface area contributed by atoms with E-state index in [-0.39, 0.29) is 28.5 Å². The van der Waals surface area contributed by atoms with Gasteiger partial charge in [-0.2, -0.15) is 0 Å². The number of benzene rings is 3. The summed E-state index contributed by atoms with van der Waals surface area (Å²) in [4.78, 5) is 27.7. The predicted molar refractivity (Wildman–Crippen MR) is 190 cm³/mol. The molecule has 2 heterocycles. The first-order valence-electron chi connectivity index (χ1n) is 16.1. The summed E-state index contributed by atoms with van der Waals surface area (Å²) in [7, 11) is -2.83. The summed E-state index contributed by atoms with van der Waals surface area (Å²) in [6.07, 6.45) is 3.91. The van der Waals surface area contributed by atoms with Gasteiger partial charge in [-0.15, -0.1) is 0 Å². The summed E-state index contributed by atoms with van der Waals surface area (Å²) in [6, 6.07) is 17.2. The molecule has 1 aromatic heterocycles. The van der Waals surface area contributed by atoms with E-state index in [4.69, 9.17) is 16.3 Å². The fourth-order valence-corrected chi connectivity index (χ4v) is 8.27. The molecule has 4 aromatic rings. The molecule has 49 heavy (non-hydrogen) atoms. The zero-order valence-corrected chi connectivity index (χ0v) is 29.8. The highest BCUT2D eigenvalue weighted by molar-refractivity contribution is 7.90. The van der Waals surface area contributed by atoms with Crippen molar-refractivity contribution < 1.29 is 27.9 Å². The number of nitrogens with zero attached hydrogens (tertiary/aromatic N) is 2. The highest BCUT2D eigenvalue weighted by atomic mass is 35.5. The molecule has 2 aliphatic rings. The molecule has 3 aromatic carbocycles. The molecule has 1 fully saturated rings. The highest BCUT2D eigenvalue weighted by Gasteiger charge is 2.37. The van der Waals surface area contributed by atoms with Crippen molar-refractivity contribution in [1.82, 2.24) is 14.2 Å². The summed E-state index contributed by atoms with van der Waals surface area (Å²) in [6.45, 7) is 8.88. The maximum absolute atomic E-state index is 14.5. The lowest BCUT2D eigenvalue weighted by molar-refractivity contribution is 0.0785. The number of carbonyl (C=O) groups is 1. The molecule has 0 atom stereocenters. The van der Waals surface area contributed by atoms with Gasteiger partial charge in [0.25, 0.3) is 15.9 Å². The lowest BCUT2D eigenvalue weighted by Gasteiger charge is -2.28. The molecule has 2 N–H and O–H groups in total. The Labute approximate surface area is 291 Å². The predicted octanol–water partition coefficient (Wildman–Crippen LogP) is 7.15. The molecule has 6 rings (SSSR count). The molecule has 0 bridgehead atoms. The van der Waals surface area contributed by atoms with Crippen LogP contribution in [0.25, 0.3) is 11.3 Å². The van der Waals surface area contributed by atoms with Crippen LogP contribution in [0.3, 0.4) is 0 Å². The maximum atomic E-state index is 14.5. The molecule has 1 aliphatic carbocycles. The SMILES string of the molecule is CCNC(=O)c1cc2c(n1S(=O)(=O)c1ccccc1C)C(=C=O)N(C)C=C2c1cc(C(C)(C)O)ccc1Oc1c(C)cc(C2CC2)cc1Cl. The van der Waals surface area contributed by atoms with Crippen molar-refractivity contribution >= 4 is 44.7 Å². The van der Waals surface area contributed by atoms with Crippen LogP contribution in [0.2, 0.25) is 5.02 Å². The number of halogens is 1. The second-order valence-electron chi connectivity index (χ2n) is 13.1. The van der Waals surface area contributed by atoms with Crippen LogP contribution in [-0.2, 0) is 20.4 Å². The minimum Gasteiger partial charge on any atom is -0.455 e. The van der Waals surface area contributed by atoms with Gasteiger partial charge in [0, 0.05) is 36.5 Å². The second kappa shape index (κ2) is 12.7. The van der Waals surface area contributed by atoms with E-state index in [0.29, 0.717) is 50.3 Å². The Balaban J connectivity index is 1.63. The molecule has 0 unspecified atom stereocenters. The first kappa shape index (κ1) is 34.3. The fourth-order valence-electron chi connectivity index (χ4n) is 6.21. The number of carbonyl (C=O) groups excluding carboxylic acids is 2. The molecule has 9 nitrogen and oxygen atoms in total. The molecule has 0 radical (unpaired) electrons. The Morgan fingerprint density at radius 2 is 1.78 bits per heavy atom. The average Bonchev–Trinajstić information content (AvgIpc) is 3.81. The number of fused-ring (bicyclic) bond motifs is 1. The summed E-state index contributed by atoms with van der Waals surface area (Å²) >= 11 is 6.80. The minimum atomic E-state index is -4.43. The second-order valence-corrected chi connectivity index (χ2v) is 15.2. The Bertz CT molecular complexity index is 2180. The maximum Gasteiger partial charge on any atom is 0.269 e. The van der Waals surface area contributed by atoms with Gasteiger partial charge in [-0.25, -0.2) is 17.2 Å². The van der Waals surface area contributed by atoms with E-state index in [1.165, 1.54) is 17.0 Å². The topological polar surface area (TPSA) is 118 Å². The van der Waals surface area contributed by atoms with Gasteiger partial charge in [0.15, 0.2) is 11.6 Å². The van der Waals surface area contributed by atoms with E-state index in [2.05, 4.69) is 11.4 Å². The van der Waals surface area contributed by atoms with Crippen molar-refractivity contribution in [1.29, 1.82) is 0 Å². The number of hydrogen-bond donors (Lipinski definition) is 2. The van der Waals surface area contributed by atoms with Crippen molar-refractivity contribution in [2.75, 3.05) is 13.6 Å². The Morgan fingerprint density at radius 1 is 1.06 bits per heavy atom. The molecule has 1 saturated carbocycles. The number of aliphatic hydroxyl groups is 1. The number of aromatic nitrogens is 1. The van der Waals surface area contributed by atoms with Crippen molar-refractivity contribution in [2.24, 2.45) is 0 Å². The molecular formula is C38H38ClN3O6S. The summed E-state index contributed by atoms with van der Waals surface area (Å²) < 4.78 is 36.5. The van der Waals surface area contributed by atoms with E-state index in [1.54, 1.807) is 77.3 Å². The highest BCUT2D eigenvalue weighted by Crippen LogP contribution is 2.47. The van der Waals surface area contributed by atoms with Crippen molar-refractivity contribution in [3.05, 3.63) is 117 Å². The van der Waals surface area contributed by atoms with Gasteiger partial charge < -0.3 is 20.1 Å². The lowest BCUT2D eigenvalue weighted by atomic mass is 9.89. The Hall–Kier alpha value is -4.60. The zero-order valence-electron chi connectivity index (χ0n) is 28.2. The molecule has 0 spiro atoms. The molecular weight excluding hydrogens is 662 g/mol. The number of amides is 1. The van der Waals surface area contributed by atoms with Crippen LogP contribution < -0.4 is 10.1 Å². The van der Waals surface area contributed by atoms with Gasteiger partial charge in [0.2, 0.25) is 0 Å². The zero-order chi connectivity index (χ0) is 35.4. The lowest BCUT2D eigenvalue weighted by Crippen LogP contribution is -2.30. The summed E-state index contributed by atoms with van der Waals surface area (Å²) in [5, 5.41) is 14.2. The third kappa shape index (κ3) is 6.22. The molecule has 1 aliphatic heterocycles. The number of hydrogen-bond acceptors (Lipinski definition) is 7. The van der Waals surface area contributed by atoms with E-state index in [0.717, 1.165) is 27.9 Å². The van der Waals surface area contributed by atoms with Gasteiger partial charge >= 0.3 is 0 Å². The number of rotatable bonds is 9. The molecule has 1 amide bonds. The van der Waals surface area contributed by atoms with Crippen LogP contribution in [0.15, 0.2) is 71.8 Å². The van der Waals surface area contributed by atoms with Gasteiger partial charge in [0.1, 0.15) is 22.9 Å². The fraction of sp³-hybridized carbons (Fsp3) is 0.289. The monoisotopic (exact) mass is 699 g/mol. The van der Waals surface area contributed by atoms with E-state index in [1.807, 2.05) is 18.9 Å². The van der Waals surface area contributed by atoms with Crippen LogP contribution in [0.5, 0.6) is 11.5 Å². The summed E-state index contributed by atoms with van der Waals surface area (Å²) in [5.41, 5.74) is 2.72. The third-order valence-electron chi connectivity index (χ3n) is 8.92. The smallest absolute Gasteiger partial charge is 0.269 e. The van der Waals surface area contributed by atoms with E-state index < -0.39 is 21.5 Å². The first-order chi connectivity index (χ1) is 23.2. The Kier molecular flexibility index (Phi) is 8.88. The normalized spacial score (nSPS) is 14.7. The number of aryl methyl sites for hydroxylation is 2. The van der Waals surface area contributed by atoms with Crippen LogP contribution in [0.1, 0.15) is 89.1 Å². The van der Waals surface area contributed by atoms with Gasteiger partial charge in [-0.05, 0) is 106 Å². The first-order valence-corrected chi connectivity index (χ1v) is 17.9. The third-order valence-corrected chi connectivity index (χ3v) is 11.1. The Morgan fingerprint density at radius 3 is 2.39 bits per heavy atom. The van der Waals surface area contributed by atoms with Crippen molar-refractivity contribution in [3.8, 4) is 11.5 Å². The van der Waals surface area contributed by atoms with Gasteiger partial charge in [-0.1, -0.05) is 41.9 Å². The van der Waals surface area contributed by atoms with Crippen molar-refractivity contribution in [3.63, 3.8) is 0 Å². The van der Waals surface area contributed by atoms with Crippen LogP contribution in [0.4, 0.5) is 0 Å². The van der Waals surface area contributed by atoms with Gasteiger partial charge in [-0.3, -0.25) is 4.79 Å². The minimum absolute atomic E-state index is 0.0178. The van der Waals surface area contributed by atoms with Crippen LogP contribution >= 0.6 is 11.6 Å². The standard InChI is InChI=1S/C38H38ClN3O6S/c1-7-40-37(44)31-19-28-29(20-41(6)32(21-43)35(28)42(31)49(46,47)34-11-9-8-10-22(34)2)27-18-26(38(4,5)45)14-15-33(27)48-36-23(3)16-25(17-30(36)39)24-12-13-24/h8-11,14-20,24,45H,7,12-13H2,1-6H3,(H,40,44). The quantitative estimate of drug-likeness (QED) is 0.178. The largest absolute Gasteiger partial charge is 0.455 e. The van der Waals surface area contributed by atoms with E-state index >= 15 is 0 Å². The summed E-state index contributed by atoms with van der Waals surface area (Å²) in [5.74, 6) is 2.60. The number of nitrogens with one attached hydrogen (secondary N) is 1. The van der Waals surface area contributed by atoms with Crippen LogP contribution in [0, 0.1) is 13.8 Å². The molecule has 0 saturated heterocycles. The van der Waals surface area contributed by atoms with Crippen LogP contribution in [-0.4, -0.2) is 47.8 Å². The van der Waals surface area contributed by atoms with Crippen molar-refractivity contribution in [2.45, 2.75) is 63.9 Å². The number of ether oxygens (including phenoxy) is 1. The van der Waals surface area contributed by atoms with Gasteiger partial charge in [0.05, 0.1) is 15.5 Å². The average molecular weight is 700 g/mol. The molecule has 11 heteroatoms. The molecule has 254 valence electrons. The van der Waals surface area contributed by atoms with E-state index in [9.17, 15) is 23.1 Å².